The zero-order chi connectivity index (χ0) is 13.4. The Bertz CT molecular complexity index is 373. The highest BCUT2D eigenvalue weighted by molar-refractivity contribution is 5.72. The van der Waals surface area contributed by atoms with Gasteiger partial charge in [0.15, 0.2) is 0 Å². The van der Waals surface area contributed by atoms with E-state index in [0.717, 1.165) is 5.56 Å². The molecule has 0 saturated heterocycles. The number of amides is 1. The van der Waals surface area contributed by atoms with Crippen LogP contribution in [0.5, 0.6) is 0 Å². The van der Waals surface area contributed by atoms with Gasteiger partial charge < -0.3 is 14.8 Å². The minimum absolute atomic E-state index is 0.112. The fourth-order valence-electron chi connectivity index (χ4n) is 1.58. The molecule has 0 aliphatic heterocycles. The lowest BCUT2D eigenvalue weighted by atomic mass is 10.0. The van der Waals surface area contributed by atoms with Crippen LogP contribution in [0.15, 0.2) is 30.3 Å². The Balaban J connectivity index is 2.64. The summed E-state index contributed by atoms with van der Waals surface area (Å²) in [6.45, 7) is 0. The van der Waals surface area contributed by atoms with Gasteiger partial charge >= 0.3 is 12.1 Å². The van der Waals surface area contributed by atoms with Crippen LogP contribution in [0.4, 0.5) is 4.79 Å². The van der Waals surface area contributed by atoms with Crippen molar-refractivity contribution in [3.05, 3.63) is 35.9 Å². The molecule has 0 aliphatic rings. The molecule has 1 amide bonds. The van der Waals surface area contributed by atoms with Crippen molar-refractivity contribution in [1.29, 1.82) is 0 Å². The molecule has 0 spiro atoms. The third-order valence-corrected chi connectivity index (χ3v) is 2.47. The predicted molar refractivity (Wildman–Crippen MR) is 66.1 cm³/mol. The van der Waals surface area contributed by atoms with Gasteiger partial charge in [0.25, 0.3) is 0 Å². The van der Waals surface area contributed by atoms with E-state index in [-0.39, 0.29) is 18.4 Å². The van der Waals surface area contributed by atoms with Gasteiger partial charge in [0.05, 0.1) is 20.6 Å². The molecule has 1 unspecified atom stereocenters. The molecule has 0 aliphatic carbocycles. The molecule has 1 aromatic carbocycles. The van der Waals surface area contributed by atoms with E-state index in [1.807, 2.05) is 30.3 Å². The highest BCUT2D eigenvalue weighted by Crippen LogP contribution is 2.07. The van der Waals surface area contributed by atoms with Crippen LogP contribution in [0, 0.1) is 0 Å². The Labute approximate surface area is 106 Å². The highest BCUT2D eigenvalue weighted by atomic mass is 16.5. The van der Waals surface area contributed by atoms with Crippen molar-refractivity contribution in [2.24, 2.45) is 0 Å². The van der Waals surface area contributed by atoms with Crippen molar-refractivity contribution in [1.82, 2.24) is 5.32 Å². The third-order valence-electron chi connectivity index (χ3n) is 2.47. The molecule has 1 aromatic rings. The molecule has 5 nitrogen and oxygen atoms in total. The fraction of sp³-hybridized carbons (Fsp3) is 0.385. The van der Waals surface area contributed by atoms with E-state index in [2.05, 4.69) is 14.8 Å². The first-order valence-electron chi connectivity index (χ1n) is 5.61. The van der Waals surface area contributed by atoms with Gasteiger partial charge in [-0.05, 0) is 12.0 Å². The van der Waals surface area contributed by atoms with Crippen LogP contribution in [-0.4, -0.2) is 32.3 Å². The van der Waals surface area contributed by atoms with E-state index in [9.17, 15) is 9.59 Å². The number of rotatable bonds is 5. The molecule has 0 saturated carbocycles. The van der Waals surface area contributed by atoms with E-state index >= 15 is 0 Å². The number of hydrogen-bond donors (Lipinski definition) is 1. The van der Waals surface area contributed by atoms with Crippen molar-refractivity contribution in [3.63, 3.8) is 0 Å². The SMILES string of the molecule is COC(=O)CC(Cc1ccccc1)NC(=O)OC. The molecule has 0 bridgehead atoms. The van der Waals surface area contributed by atoms with Crippen LogP contribution in [0.1, 0.15) is 12.0 Å². The van der Waals surface area contributed by atoms with Crippen molar-refractivity contribution in [2.45, 2.75) is 18.9 Å². The molecule has 1 atom stereocenters. The summed E-state index contributed by atoms with van der Waals surface area (Å²) in [7, 11) is 2.60. The van der Waals surface area contributed by atoms with Crippen LogP contribution in [-0.2, 0) is 20.7 Å². The number of ether oxygens (including phenoxy) is 2. The van der Waals surface area contributed by atoms with Crippen LogP contribution >= 0.6 is 0 Å². The second-order valence-corrected chi connectivity index (χ2v) is 3.80. The number of carbonyl (C=O) groups excluding carboxylic acids is 2. The van der Waals surface area contributed by atoms with Crippen molar-refractivity contribution in [2.75, 3.05) is 14.2 Å². The quantitative estimate of drug-likeness (QED) is 0.806. The maximum atomic E-state index is 11.3. The molecule has 1 N–H and O–H groups in total. The Hall–Kier alpha value is -2.04. The van der Waals surface area contributed by atoms with Gasteiger partial charge in [0.1, 0.15) is 0 Å². The second kappa shape index (κ2) is 7.32. The Morgan fingerprint density at radius 2 is 1.83 bits per heavy atom. The standard InChI is InChI=1S/C13H17NO4/c1-17-12(15)9-11(14-13(16)18-2)8-10-6-4-3-5-7-10/h3-7,11H,8-9H2,1-2H3,(H,14,16). The zero-order valence-electron chi connectivity index (χ0n) is 10.5. The van der Waals surface area contributed by atoms with Crippen molar-refractivity contribution in [3.8, 4) is 0 Å². The molecule has 0 aromatic heterocycles. The van der Waals surface area contributed by atoms with Crippen molar-refractivity contribution < 1.29 is 19.1 Å². The summed E-state index contributed by atoms with van der Waals surface area (Å²) in [5, 5.41) is 2.62. The lowest BCUT2D eigenvalue weighted by Gasteiger charge is -2.16. The van der Waals surface area contributed by atoms with E-state index in [1.165, 1.54) is 14.2 Å². The van der Waals surface area contributed by atoms with Gasteiger partial charge in [-0.15, -0.1) is 0 Å². The Morgan fingerprint density at radius 3 is 2.39 bits per heavy atom. The molecule has 0 radical (unpaired) electrons. The minimum atomic E-state index is -0.556. The van der Waals surface area contributed by atoms with Gasteiger partial charge in [-0.3, -0.25) is 4.79 Å². The fourth-order valence-corrected chi connectivity index (χ4v) is 1.58. The molecule has 98 valence electrons. The number of nitrogens with one attached hydrogen (secondary N) is 1. The van der Waals surface area contributed by atoms with Crippen LogP contribution in [0.25, 0.3) is 0 Å². The molecule has 1 rings (SSSR count). The maximum absolute atomic E-state index is 11.3. The summed E-state index contributed by atoms with van der Waals surface area (Å²) in [5.74, 6) is -0.368. The highest BCUT2D eigenvalue weighted by Gasteiger charge is 2.17. The summed E-state index contributed by atoms with van der Waals surface area (Å²) >= 11 is 0. The Kier molecular flexibility index (Phi) is 5.70. The number of esters is 1. The smallest absolute Gasteiger partial charge is 0.407 e. The van der Waals surface area contributed by atoms with Gasteiger partial charge in [0.2, 0.25) is 0 Å². The third kappa shape index (κ3) is 4.86. The molecular formula is C13H17NO4. The molecule has 0 heterocycles. The number of benzene rings is 1. The first kappa shape index (κ1) is 14.0. The summed E-state index contributed by atoms with van der Waals surface area (Å²) < 4.78 is 9.13. The normalized spacial score (nSPS) is 11.4. The number of alkyl carbamates (subject to hydrolysis) is 1. The number of methoxy groups -OCH3 is 2. The van der Waals surface area contributed by atoms with Gasteiger partial charge in [-0.25, -0.2) is 4.79 Å². The van der Waals surface area contributed by atoms with E-state index in [1.54, 1.807) is 0 Å². The summed E-state index contributed by atoms with van der Waals surface area (Å²) in [4.78, 5) is 22.5. The monoisotopic (exact) mass is 251 g/mol. The summed E-state index contributed by atoms with van der Waals surface area (Å²) in [6.07, 6.45) is 0.103. The number of hydrogen-bond acceptors (Lipinski definition) is 4. The van der Waals surface area contributed by atoms with Crippen molar-refractivity contribution >= 4 is 12.1 Å². The van der Waals surface area contributed by atoms with Gasteiger partial charge in [0, 0.05) is 6.04 Å². The van der Waals surface area contributed by atoms with Gasteiger partial charge in [-0.2, -0.15) is 0 Å². The molecule has 5 heteroatoms. The largest absolute Gasteiger partial charge is 0.469 e. The molecule has 18 heavy (non-hydrogen) atoms. The zero-order valence-corrected chi connectivity index (χ0v) is 10.5. The summed E-state index contributed by atoms with van der Waals surface area (Å²) in [6, 6.07) is 9.25. The Morgan fingerprint density at radius 1 is 1.17 bits per heavy atom. The van der Waals surface area contributed by atoms with E-state index < -0.39 is 6.09 Å². The average Bonchev–Trinajstić information content (AvgIpc) is 2.39. The summed E-state index contributed by atoms with van der Waals surface area (Å²) in [5.41, 5.74) is 1.03. The molecular weight excluding hydrogens is 234 g/mol. The van der Waals surface area contributed by atoms with E-state index in [0.29, 0.717) is 6.42 Å². The topological polar surface area (TPSA) is 64.6 Å². The molecule has 0 fully saturated rings. The lowest BCUT2D eigenvalue weighted by Crippen LogP contribution is -2.38. The lowest BCUT2D eigenvalue weighted by molar-refractivity contribution is -0.141. The van der Waals surface area contributed by atoms with E-state index in [4.69, 9.17) is 0 Å². The van der Waals surface area contributed by atoms with Crippen LogP contribution in [0.3, 0.4) is 0 Å². The second-order valence-electron chi connectivity index (χ2n) is 3.80. The average molecular weight is 251 g/mol. The van der Waals surface area contributed by atoms with Crippen LogP contribution < -0.4 is 5.32 Å². The number of carbonyl (C=O) groups is 2. The first-order valence-corrected chi connectivity index (χ1v) is 5.61. The first-order chi connectivity index (χ1) is 8.65. The van der Waals surface area contributed by atoms with Crippen LogP contribution in [0.2, 0.25) is 0 Å². The predicted octanol–water partition coefficient (Wildman–Crippen LogP) is 1.52. The minimum Gasteiger partial charge on any atom is -0.469 e. The maximum Gasteiger partial charge on any atom is 0.407 e. The van der Waals surface area contributed by atoms with Gasteiger partial charge in [-0.1, -0.05) is 30.3 Å².